The predicted octanol–water partition coefficient (Wildman–Crippen LogP) is 4.11. The highest BCUT2D eigenvalue weighted by molar-refractivity contribution is 6.30. The number of rotatable bonds is 5. The molecule has 0 unspecified atom stereocenters. The minimum absolute atomic E-state index is 0.165. The Morgan fingerprint density at radius 1 is 1.26 bits per heavy atom. The Morgan fingerprint density at radius 2 is 1.91 bits per heavy atom. The van der Waals surface area contributed by atoms with E-state index in [9.17, 15) is 18.0 Å². The van der Waals surface area contributed by atoms with E-state index < -0.39 is 17.7 Å². The van der Waals surface area contributed by atoms with E-state index in [0.29, 0.717) is 18.5 Å². The van der Waals surface area contributed by atoms with Crippen molar-refractivity contribution in [3.63, 3.8) is 0 Å². The molecule has 0 aliphatic rings. The van der Waals surface area contributed by atoms with Crippen molar-refractivity contribution < 1.29 is 23.1 Å². The fourth-order valence-electron chi connectivity index (χ4n) is 1.95. The average Bonchev–Trinajstić information content (AvgIpc) is 2.46. The second-order valence-electron chi connectivity index (χ2n) is 4.73. The molecule has 0 saturated heterocycles. The standard InChI is InChI=1S/C15H12ClF3N2O2/c16-11-7-12(13(14(22)23)21-8-11)20-6-5-9-1-3-10(4-2-9)15(17,18)19/h1-4,7-8,20H,5-6H2,(H,22,23). The topological polar surface area (TPSA) is 62.2 Å². The predicted molar refractivity (Wildman–Crippen MR) is 79.8 cm³/mol. The molecule has 8 heteroatoms. The van der Waals surface area contributed by atoms with E-state index in [1.54, 1.807) is 0 Å². The van der Waals surface area contributed by atoms with Gasteiger partial charge in [0.15, 0.2) is 5.69 Å². The molecule has 0 fully saturated rings. The first-order valence-electron chi connectivity index (χ1n) is 6.56. The van der Waals surface area contributed by atoms with Crippen molar-refractivity contribution in [2.45, 2.75) is 12.6 Å². The van der Waals surface area contributed by atoms with Gasteiger partial charge in [-0.3, -0.25) is 0 Å². The third kappa shape index (κ3) is 4.59. The zero-order chi connectivity index (χ0) is 17.0. The molecular weight excluding hydrogens is 333 g/mol. The van der Waals surface area contributed by atoms with Crippen molar-refractivity contribution in [2.75, 3.05) is 11.9 Å². The van der Waals surface area contributed by atoms with E-state index >= 15 is 0 Å². The number of carboxylic acid groups (broad SMARTS) is 1. The number of pyridine rings is 1. The van der Waals surface area contributed by atoms with Crippen LogP contribution in [0.2, 0.25) is 5.02 Å². The minimum Gasteiger partial charge on any atom is -0.476 e. The minimum atomic E-state index is -4.36. The van der Waals surface area contributed by atoms with Gasteiger partial charge in [-0.05, 0) is 30.2 Å². The van der Waals surface area contributed by atoms with Crippen molar-refractivity contribution in [2.24, 2.45) is 0 Å². The fraction of sp³-hybridized carbons (Fsp3) is 0.200. The van der Waals surface area contributed by atoms with E-state index in [1.807, 2.05) is 0 Å². The van der Waals surface area contributed by atoms with Gasteiger partial charge in [0.2, 0.25) is 0 Å². The number of aromatic nitrogens is 1. The highest BCUT2D eigenvalue weighted by Crippen LogP contribution is 2.29. The number of nitrogens with one attached hydrogen (secondary N) is 1. The first-order valence-corrected chi connectivity index (χ1v) is 6.94. The Kier molecular flexibility index (Phi) is 5.10. The van der Waals surface area contributed by atoms with Crippen LogP contribution in [-0.4, -0.2) is 22.6 Å². The molecule has 1 heterocycles. The van der Waals surface area contributed by atoms with Gasteiger partial charge in [0.25, 0.3) is 0 Å². The lowest BCUT2D eigenvalue weighted by Crippen LogP contribution is -2.11. The number of halogens is 4. The molecule has 2 aromatic rings. The van der Waals surface area contributed by atoms with Crippen LogP contribution >= 0.6 is 11.6 Å². The smallest absolute Gasteiger partial charge is 0.416 e. The van der Waals surface area contributed by atoms with Gasteiger partial charge in [-0.2, -0.15) is 13.2 Å². The summed E-state index contributed by atoms with van der Waals surface area (Å²) in [6, 6.07) is 6.24. The molecular formula is C15H12ClF3N2O2. The summed E-state index contributed by atoms with van der Waals surface area (Å²) in [5, 5.41) is 12.2. The number of nitrogens with zero attached hydrogens (tertiary/aromatic N) is 1. The van der Waals surface area contributed by atoms with Gasteiger partial charge in [0.05, 0.1) is 16.3 Å². The lowest BCUT2D eigenvalue weighted by molar-refractivity contribution is -0.137. The third-order valence-electron chi connectivity index (χ3n) is 3.07. The SMILES string of the molecule is O=C(O)c1ncc(Cl)cc1NCCc1ccc(C(F)(F)F)cc1. The van der Waals surface area contributed by atoms with Gasteiger partial charge >= 0.3 is 12.1 Å². The highest BCUT2D eigenvalue weighted by Gasteiger charge is 2.29. The Hall–Kier alpha value is -2.28. The third-order valence-corrected chi connectivity index (χ3v) is 3.27. The molecule has 0 amide bonds. The number of carbonyl (C=O) groups is 1. The Balaban J connectivity index is 2.00. The molecule has 0 saturated carbocycles. The molecule has 0 spiro atoms. The molecule has 23 heavy (non-hydrogen) atoms. The zero-order valence-electron chi connectivity index (χ0n) is 11.7. The number of carboxylic acids is 1. The monoisotopic (exact) mass is 344 g/mol. The van der Waals surface area contributed by atoms with Crippen molar-refractivity contribution in [1.29, 1.82) is 0 Å². The van der Waals surface area contributed by atoms with Gasteiger partial charge in [-0.1, -0.05) is 23.7 Å². The molecule has 2 rings (SSSR count). The maximum absolute atomic E-state index is 12.5. The number of hydrogen-bond donors (Lipinski definition) is 2. The molecule has 0 bridgehead atoms. The summed E-state index contributed by atoms with van der Waals surface area (Å²) in [5.41, 5.74) is 0.0810. The van der Waals surface area contributed by atoms with Crippen LogP contribution in [0.5, 0.6) is 0 Å². The summed E-state index contributed by atoms with van der Waals surface area (Å²) in [6.07, 6.45) is -2.71. The molecule has 4 nitrogen and oxygen atoms in total. The molecule has 122 valence electrons. The van der Waals surface area contributed by atoms with E-state index in [0.717, 1.165) is 12.1 Å². The van der Waals surface area contributed by atoms with Crippen LogP contribution in [0.3, 0.4) is 0 Å². The van der Waals surface area contributed by atoms with Gasteiger partial charge in [-0.25, -0.2) is 9.78 Å². The summed E-state index contributed by atoms with van der Waals surface area (Å²) in [5.74, 6) is -1.20. The van der Waals surface area contributed by atoms with Crippen LogP contribution in [0, 0.1) is 0 Å². The van der Waals surface area contributed by atoms with Crippen molar-refractivity contribution >= 4 is 23.3 Å². The first-order chi connectivity index (χ1) is 10.8. The molecule has 0 atom stereocenters. The maximum Gasteiger partial charge on any atom is 0.416 e. The van der Waals surface area contributed by atoms with Gasteiger partial charge in [0, 0.05) is 12.7 Å². The van der Waals surface area contributed by atoms with Crippen LogP contribution in [0.1, 0.15) is 21.6 Å². The number of hydrogen-bond acceptors (Lipinski definition) is 3. The van der Waals surface area contributed by atoms with Gasteiger partial charge < -0.3 is 10.4 Å². The molecule has 1 aromatic heterocycles. The van der Waals surface area contributed by atoms with Crippen molar-refractivity contribution in [3.05, 3.63) is 58.4 Å². The van der Waals surface area contributed by atoms with E-state index in [2.05, 4.69) is 10.3 Å². The molecule has 0 aliphatic carbocycles. The van der Waals surface area contributed by atoms with E-state index in [-0.39, 0.29) is 16.4 Å². The number of anilines is 1. The largest absolute Gasteiger partial charge is 0.476 e. The molecule has 0 aliphatic heterocycles. The summed E-state index contributed by atoms with van der Waals surface area (Å²) in [7, 11) is 0. The Morgan fingerprint density at radius 3 is 2.48 bits per heavy atom. The van der Waals surface area contributed by atoms with E-state index in [1.165, 1.54) is 24.4 Å². The van der Waals surface area contributed by atoms with Crippen LogP contribution in [0.4, 0.5) is 18.9 Å². The second-order valence-corrected chi connectivity index (χ2v) is 5.16. The normalized spacial score (nSPS) is 11.3. The lowest BCUT2D eigenvalue weighted by atomic mass is 10.1. The maximum atomic E-state index is 12.5. The van der Waals surface area contributed by atoms with Crippen LogP contribution in [0.15, 0.2) is 36.5 Å². The van der Waals surface area contributed by atoms with Crippen LogP contribution in [0.25, 0.3) is 0 Å². The summed E-state index contributed by atoms with van der Waals surface area (Å²) >= 11 is 5.78. The number of benzene rings is 1. The summed E-state index contributed by atoms with van der Waals surface area (Å²) in [6.45, 7) is 0.327. The van der Waals surface area contributed by atoms with Crippen LogP contribution in [-0.2, 0) is 12.6 Å². The van der Waals surface area contributed by atoms with Gasteiger partial charge in [0.1, 0.15) is 0 Å². The first kappa shape index (κ1) is 17.1. The highest BCUT2D eigenvalue weighted by atomic mass is 35.5. The van der Waals surface area contributed by atoms with Crippen molar-refractivity contribution in [3.8, 4) is 0 Å². The average molecular weight is 345 g/mol. The Bertz CT molecular complexity index is 703. The molecule has 1 aromatic carbocycles. The van der Waals surface area contributed by atoms with E-state index in [4.69, 9.17) is 16.7 Å². The lowest BCUT2D eigenvalue weighted by Gasteiger charge is -2.10. The number of alkyl halides is 3. The molecule has 0 radical (unpaired) electrons. The summed E-state index contributed by atoms with van der Waals surface area (Å²) in [4.78, 5) is 14.8. The number of aromatic carboxylic acids is 1. The zero-order valence-corrected chi connectivity index (χ0v) is 12.4. The van der Waals surface area contributed by atoms with Gasteiger partial charge in [-0.15, -0.1) is 0 Å². The van der Waals surface area contributed by atoms with Crippen LogP contribution < -0.4 is 5.32 Å². The van der Waals surface area contributed by atoms with Crippen molar-refractivity contribution in [1.82, 2.24) is 4.98 Å². The summed E-state index contributed by atoms with van der Waals surface area (Å²) < 4.78 is 37.4. The molecule has 2 N–H and O–H groups in total. The Labute approximate surface area is 134 Å². The quantitative estimate of drug-likeness (QED) is 0.857. The second kappa shape index (κ2) is 6.87. The fourth-order valence-corrected chi connectivity index (χ4v) is 2.10.